The number of nitrogens with zero attached hydrogens (tertiary/aromatic N) is 2. The Morgan fingerprint density at radius 1 is 1.23 bits per heavy atom. The van der Waals surface area contributed by atoms with E-state index in [0.717, 1.165) is 23.6 Å². The topological polar surface area (TPSA) is 121 Å². The zero-order valence-electron chi connectivity index (χ0n) is 16.7. The van der Waals surface area contributed by atoms with Gasteiger partial charge in [-0.15, -0.1) is 0 Å². The minimum Gasteiger partial charge on any atom is -0.452 e. The number of non-ortho nitro benzene ring substituents is 1. The summed E-state index contributed by atoms with van der Waals surface area (Å²) >= 11 is 0. The van der Waals surface area contributed by atoms with Gasteiger partial charge in [0, 0.05) is 24.6 Å². The SMILES string of the molecule is COCc1nc2ccccc2c(C)c1C(=O)OCC(=O)Nc1cc([N+](=O)[O-])ccc1F. The van der Waals surface area contributed by atoms with Crippen LogP contribution in [0.15, 0.2) is 42.5 Å². The summed E-state index contributed by atoms with van der Waals surface area (Å²) in [6, 6.07) is 9.95. The van der Waals surface area contributed by atoms with Gasteiger partial charge in [0.25, 0.3) is 11.6 Å². The number of nitro groups is 1. The fourth-order valence-electron chi connectivity index (χ4n) is 3.06. The Kier molecular flexibility index (Phi) is 6.51. The van der Waals surface area contributed by atoms with E-state index in [0.29, 0.717) is 16.8 Å². The first-order valence-corrected chi connectivity index (χ1v) is 9.10. The monoisotopic (exact) mass is 427 g/mol. The van der Waals surface area contributed by atoms with Gasteiger partial charge < -0.3 is 14.8 Å². The molecule has 0 aliphatic heterocycles. The Balaban J connectivity index is 1.78. The number of rotatable bonds is 7. The van der Waals surface area contributed by atoms with Crippen LogP contribution in [0.5, 0.6) is 0 Å². The summed E-state index contributed by atoms with van der Waals surface area (Å²) in [4.78, 5) is 39.4. The summed E-state index contributed by atoms with van der Waals surface area (Å²) in [7, 11) is 1.46. The van der Waals surface area contributed by atoms with E-state index in [1.807, 2.05) is 18.2 Å². The Morgan fingerprint density at radius 3 is 2.68 bits per heavy atom. The number of ether oxygens (including phenoxy) is 2. The molecule has 1 N–H and O–H groups in total. The molecule has 1 heterocycles. The number of aromatic nitrogens is 1. The fraction of sp³-hybridized carbons (Fsp3) is 0.190. The van der Waals surface area contributed by atoms with Crippen molar-refractivity contribution in [3.8, 4) is 0 Å². The van der Waals surface area contributed by atoms with Crippen molar-refractivity contribution in [2.24, 2.45) is 0 Å². The number of nitrogens with one attached hydrogen (secondary N) is 1. The molecule has 0 bridgehead atoms. The quantitative estimate of drug-likeness (QED) is 0.348. The zero-order valence-corrected chi connectivity index (χ0v) is 16.7. The molecule has 3 rings (SSSR count). The average Bonchev–Trinajstić information content (AvgIpc) is 2.74. The number of pyridine rings is 1. The lowest BCUT2D eigenvalue weighted by Crippen LogP contribution is -2.23. The number of halogens is 1. The molecule has 3 aromatic rings. The van der Waals surface area contributed by atoms with Gasteiger partial charge in [-0.25, -0.2) is 14.2 Å². The third-order valence-electron chi connectivity index (χ3n) is 4.48. The third kappa shape index (κ3) is 4.81. The summed E-state index contributed by atoms with van der Waals surface area (Å²) in [5, 5.41) is 13.7. The molecule has 0 unspecified atom stereocenters. The molecule has 0 atom stereocenters. The van der Waals surface area contributed by atoms with Crippen molar-refractivity contribution in [1.82, 2.24) is 4.98 Å². The van der Waals surface area contributed by atoms with E-state index in [4.69, 9.17) is 9.47 Å². The van der Waals surface area contributed by atoms with Crippen LogP contribution in [-0.4, -0.2) is 35.5 Å². The van der Waals surface area contributed by atoms with E-state index in [-0.39, 0.29) is 17.9 Å². The largest absolute Gasteiger partial charge is 0.452 e. The van der Waals surface area contributed by atoms with Crippen LogP contribution < -0.4 is 5.32 Å². The lowest BCUT2D eigenvalue weighted by Gasteiger charge is -2.14. The molecule has 0 aliphatic rings. The second kappa shape index (κ2) is 9.26. The maximum atomic E-state index is 13.8. The van der Waals surface area contributed by atoms with Gasteiger partial charge in [-0.1, -0.05) is 18.2 Å². The Labute approximate surface area is 175 Å². The van der Waals surface area contributed by atoms with Crippen molar-refractivity contribution >= 4 is 34.2 Å². The number of esters is 1. The Hall–Kier alpha value is -3.92. The van der Waals surface area contributed by atoms with Gasteiger partial charge in [-0.2, -0.15) is 0 Å². The first kappa shape index (κ1) is 21.8. The van der Waals surface area contributed by atoms with Gasteiger partial charge in [0.05, 0.1) is 34.0 Å². The van der Waals surface area contributed by atoms with Crippen LogP contribution in [0, 0.1) is 22.9 Å². The molecule has 31 heavy (non-hydrogen) atoms. The molecule has 0 saturated heterocycles. The van der Waals surface area contributed by atoms with Crippen molar-refractivity contribution in [1.29, 1.82) is 0 Å². The smallest absolute Gasteiger partial charge is 0.340 e. The van der Waals surface area contributed by atoms with Crippen LogP contribution >= 0.6 is 0 Å². The van der Waals surface area contributed by atoms with Gasteiger partial charge in [-0.05, 0) is 24.6 Å². The van der Waals surface area contributed by atoms with Crippen LogP contribution in [0.25, 0.3) is 10.9 Å². The molecule has 1 amide bonds. The van der Waals surface area contributed by atoms with Crippen molar-refractivity contribution in [3.05, 3.63) is 75.2 Å². The van der Waals surface area contributed by atoms with Crippen molar-refractivity contribution in [2.45, 2.75) is 13.5 Å². The lowest BCUT2D eigenvalue weighted by molar-refractivity contribution is -0.384. The predicted octanol–water partition coefficient (Wildman–Crippen LogP) is 3.53. The number of carbonyl (C=O) groups excluding carboxylic acids is 2. The highest BCUT2D eigenvalue weighted by Crippen LogP contribution is 2.24. The van der Waals surface area contributed by atoms with Crippen molar-refractivity contribution < 1.29 is 28.4 Å². The second-order valence-electron chi connectivity index (χ2n) is 6.55. The molecule has 1 aromatic heterocycles. The Bertz CT molecular complexity index is 1180. The number of aryl methyl sites for hydroxylation is 1. The maximum absolute atomic E-state index is 13.8. The predicted molar refractivity (Wildman–Crippen MR) is 109 cm³/mol. The van der Waals surface area contributed by atoms with E-state index in [9.17, 15) is 24.1 Å². The van der Waals surface area contributed by atoms with Gasteiger partial charge in [-0.3, -0.25) is 14.9 Å². The molecule has 0 saturated carbocycles. The van der Waals surface area contributed by atoms with Crippen molar-refractivity contribution in [3.63, 3.8) is 0 Å². The molecule has 0 radical (unpaired) electrons. The number of benzene rings is 2. The molecular weight excluding hydrogens is 409 g/mol. The summed E-state index contributed by atoms with van der Waals surface area (Å²) in [6.07, 6.45) is 0. The number of hydrogen-bond donors (Lipinski definition) is 1. The third-order valence-corrected chi connectivity index (χ3v) is 4.48. The highest BCUT2D eigenvalue weighted by atomic mass is 19.1. The Morgan fingerprint density at radius 2 is 1.97 bits per heavy atom. The maximum Gasteiger partial charge on any atom is 0.340 e. The van der Waals surface area contributed by atoms with Crippen LogP contribution in [0.2, 0.25) is 0 Å². The van der Waals surface area contributed by atoms with E-state index in [1.165, 1.54) is 7.11 Å². The van der Waals surface area contributed by atoms with Crippen LogP contribution in [0.3, 0.4) is 0 Å². The molecule has 9 nitrogen and oxygen atoms in total. The minimum absolute atomic E-state index is 0.0567. The fourth-order valence-corrected chi connectivity index (χ4v) is 3.06. The van der Waals surface area contributed by atoms with Gasteiger partial charge in [0.1, 0.15) is 5.82 Å². The van der Waals surface area contributed by atoms with Crippen LogP contribution in [-0.2, 0) is 20.9 Å². The standard InChI is InChI=1S/C21H18FN3O6/c1-12-14-5-3-4-6-16(14)23-18(10-30-2)20(12)21(27)31-11-19(26)24-17-9-13(25(28)29)7-8-15(17)22/h3-9H,10-11H2,1-2H3,(H,24,26). The number of methoxy groups -OCH3 is 1. The van der Waals surface area contributed by atoms with Crippen LogP contribution in [0.4, 0.5) is 15.8 Å². The lowest BCUT2D eigenvalue weighted by atomic mass is 10.0. The van der Waals surface area contributed by atoms with Gasteiger partial charge in [0.15, 0.2) is 6.61 Å². The average molecular weight is 427 g/mol. The van der Waals surface area contributed by atoms with Gasteiger partial charge in [0.2, 0.25) is 0 Å². The first-order chi connectivity index (χ1) is 14.8. The van der Waals surface area contributed by atoms with E-state index < -0.39 is 34.9 Å². The second-order valence-corrected chi connectivity index (χ2v) is 6.55. The summed E-state index contributed by atoms with van der Waals surface area (Å²) in [6.45, 7) is 1.07. The first-order valence-electron chi connectivity index (χ1n) is 9.10. The summed E-state index contributed by atoms with van der Waals surface area (Å²) in [5.74, 6) is -2.51. The highest BCUT2D eigenvalue weighted by Gasteiger charge is 2.21. The molecule has 2 aromatic carbocycles. The number of fused-ring (bicyclic) bond motifs is 1. The van der Waals surface area contributed by atoms with E-state index in [2.05, 4.69) is 10.3 Å². The molecule has 0 spiro atoms. The normalized spacial score (nSPS) is 10.7. The molecule has 0 fully saturated rings. The zero-order chi connectivity index (χ0) is 22.5. The molecular formula is C21H18FN3O6. The summed E-state index contributed by atoms with van der Waals surface area (Å²) in [5.41, 5.74) is 1.05. The molecule has 10 heteroatoms. The van der Waals surface area contributed by atoms with E-state index in [1.54, 1.807) is 13.0 Å². The van der Waals surface area contributed by atoms with Crippen molar-refractivity contribution in [2.75, 3.05) is 19.0 Å². The summed E-state index contributed by atoms with van der Waals surface area (Å²) < 4.78 is 24.0. The highest BCUT2D eigenvalue weighted by molar-refractivity contribution is 6.00. The molecule has 0 aliphatic carbocycles. The number of anilines is 1. The number of hydrogen-bond acceptors (Lipinski definition) is 7. The number of carbonyl (C=O) groups is 2. The minimum atomic E-state index is -0.859. The number of amides is 1. The number of nitro benzene ring substituents is 1. The van der Waals surface area contributed by atoms with Gasteiger partial charge >= 0.3 is 5.97 Å². The van der Waals surface area contributed by atoms with E-state index >= 15 is 0 Å². The van der Waals surface area contributed by atoms with Crippen LogP contribution in [0.1, 0.15) is 21.6 Å². The molecule has 160 valence electrons. The number of para-hydroxylation sites is 1.